The molecular weight excluding hydrogens is 324 g/mol. The number of carbonyl (C=O) groups excluding carboxylic acids is 1. The Morgan fingerprint density at radius 1 is 1.45 bits per heavy atom. The molecule has 22 heavy (non-hydrogen) atoms. The van der Waals surface area contributed by atoms with Crippen LogP contribution in [-0.4, -0.2) is 25.9 Å². The van der Waals surface area contributed by atoms with Crippen molar-refractivity contribution < 1.29 is 4.79 Å². The number of aromatic nitrogens is 3. The number of benzene rings is 1. The molecule has 0 aliphatic heterocycles. The molecular formula is C14H17ClN4O2S. The number of thioether (sulfide) groups is 1. The number of anilines is 1. The van der Waals surface area contributed by atoms with E-state index in [0.29, 0.717) is 22.4 Å². The fraction of sp³-hybridized carbons (Fsp3) is 0.357. The van der Waals surface area contributed by atoms with Crippen molar-refractivity contribution in [1.82, 2.24) is 14.8 Å². The summed E-state index contributed by atoms with van der Waals surface area (Å²) in [5, 5.41) is 9.93. The molecule has 2 N–H and O–H groups in total. The van der Waals surface area contributed by atoms with Crippen LogP contribution in [0.5, 0.6) is 0 Å². The number of nitrogens with zero attached hydrogens (tertiary/aromatic N) is 2. The van der Waals surface area contributed by atoms with Gasteiger partial charge >= 0.3 is 5.69 Å². The highest BCUT2D eigenvalue weighted by molar-refractivity contribution is 8.00. The molecule has 0 aliphatic rings. The summed E-state index contributed by atoms with van der Waals surface area (Å²) in [6, 6.07) is 6.89. The highest BCUT2D eigenvalue weighted by Gasteiger charge is 2.18. The SMILES string of the molecule is CCCn1c(SC(C)C(=O)Nc2ccc(Cl)cc2)n[nH]c1=O. The molecule has 0 fully saturated rings. The molecule has 1 heterocycles. The lowest BCUT2D eigenvalue weighted by atomic mass is 10.3. The summed E-state index contributed by atoms with van der Waals surface area (Å²) in [4.78, 5) is 23.8. The minimum Gasteiger partial charge on any atom is -0.325 e. The Morgan fingerprint density at radius 3 is 2.77 bits per heavy atom. The molecule has 1 atom stereocenters. The number of hydrogen-bond acceptors (Lipinski definition) is 4. The quantitative estimate of drug-likeness (QED) is 0.792. The molecule has 0 saturated heterocycles. The number of carbonyl (C=O) groups is 1. The maximum atomic E-state index is 12.2. The Hall–Kier alpha value is -1.73. The summed E-state index contributed by atoms with van der Waals surface area (Å²) >= 11 is 7.05. The summed E-state index contributed by atoms with van der Waals surface area (Å²) < 4.78 is 1.54. The zero-order valence-electron chi connectivity index (χ0n) is 12.3. The number of aromatic amines is 1. The topological polar surface area (TPSA) is 79.8 Å². The second kappa shape index (κ2) is 7.51. The van der Waals surface area contributed by atoms with Gasteiger partial charge in [0.25, 0.3) is 0 Å². The Bertz CT molecular complexity index is 696. The predicted octanol–water partition coefficient (Wildman–Crippen LogP) is 2.75. The first kappa shape index (κ1) is 16.6. The van der Waals surface area contributed by atoms with Gasteiger partial charge in [-0.25, -0.2) is 9.89 Å². The van der Waals surface area contributed by atoms with E-state index >= 15 is 0 Å². The molecule has 0 saturated carbocycles. The van der Waals surface area contributed by atoms with Gasteiger partial charge in [-0.1, -0.05) is 30.3 Å². The van der Waals surface area contributed by atoms with Crippen LogP contribution in [0.1, 0.15) is 20.3 Å². The first-order chi connectivity index (χ1) is 10.5. The zero-order valence-corrected chi connectivity index (χ0v) is 13.9. The van der Waals surface area contributed by atoms with Crippen LogP contribution >= 0.6 is 23.4 Å². The van der Waals surface area contributed by atoms with Gasteiger partial charge in [0.15, 0.2) is 5.16 Å². The smallest absolute Gasteiger partial charge is 0.325 e. The van der Waals surface area contributed by atoms with E-state index in [1.165, 1.54) is 16.3 Å². The largest absolute Gasteiger partial charge is 0.343 e. The van der Waals surface area contributed by atoms with Crippen molar-refractivity contribution in [2.24, 2.45) is 0 Å². The molecule has 8 heteroatoms. The summed E-state index contributed by atoms with van der Waals surface area (Å²) in [5.74, 6) is -0.161. The molecule has 1 amide bonds. The Balaban J connectivity index is 2.02. The van der Waals surface area contributed by atoms with Crippen molar-refractivity contribution in [2.45, 2.75) is 37.2 Å². The first-order valence-corrected chi connectivity index (χ1v) is 8.15. The normalized spacial score (nSPS) is 12.1. The summed E-state index contributed by atoms with van der Waals surface area (Å²) in [6.45, 7) is 4.32. The molecule has 6 nitrogen and oxygen atoms in total. The van der Waals surface area contributed by atoms with Crippen molar-refractivity contribution >= 4 is 35.0 Å². The molecule has 118 valence electrons. The van der Waals surface area contributed by atoms with Gasteiger partial charge in [0.1, 0.15) is 0 Å². The van der Waals surface area contributed by atoms with Gasteiger partial charge in [-0.05, 0) is 37.6 Å². The van der Waals surface area contributed by atoms with Crippen LogP contribution in [0.3, 0.4) is 0 Å². The van der Waals surface area contributed by atoms with Gasteiger partial charge < -0.3 is 5.32 Å². The van der Waals surface area contributed by atoms with Crippen molar-refractivity contribution in [3.63, 3.8) is 0 Å². The lowest BCUT2D eigenvalue weighted by molar-refractivity contribution is -0.115. The van der Waals surface area contributed by atoms with Crippen LogP contribution in [0.25, 0.3) is 0 Å². The van der Waals surface area contributed by atoms with Crippen molar-refractivity contribution in [2.75, 3.05) is 5.32 Å². The van der Waals surface area contributed by atoms with Crippen molar-refractivity contribution in [1.29, 1.82) is 0 Å². The highest BCUT2D eigenvalue weighted by Crippen LogP contribution is 2.22. The average molecular weight is 341 g/mol. The summed E-state index contributed by atoms with van der Waals surface area (Å²) in [5.41, 5.74) is 0.421. The third kappa shape index (κ3) is 4.14. The number of amides is 1. The van der Waals surface area contributed by atoms with Crippen LogP contribution in [-0.2, 0) is 11.3 Å². The van der Waals surface area contributed by atoms with E-state index in [0.717, 1.165) is 6.42 Å². The monoisotopic (exact) mass is 340 g/mol. The molecule has 2 aromatic rings. The number of H-pyrrole nitrogens is 1. The van der Waals surface area contributed by atoms with Gasteiger partial charge in [0, 0.05) is 17.3 Å². The summed E-state index contributed by atoms with van der Waals surface area (Å²) in [6.07, 6.45) is 0.818. The number of hydrogen-bond donors (Lipinski definition) is 2. The minimum atomic E-state index is -0.388. The maximum Gasteiger partial charge on any atom is 0.343 e. The van der Waals surface area contributed by atoms with Gasteiger partial charge in [0.05, 0.1) is 5.25 Å². The third-order valence-corrected chi connectivity index (χ3v) is 4.28. The van der Waals surface area contributed by atoms with Gasteiger partial charge in [0.2, 0.25) is 5.91 Å². The van der Waals surface area contributed by atoms with Crippen LogP contribution < -0.4 is 11.0 Å². The molecule has 0 spiro atoms. The van der Waals surface area contributed by atoms with Crippen molar-refractivity contribution in [3.05, 3.63) is 39.8 Å². The minimum absolute atomic E-state index is 0.161. The number of nitrogens with one attached hydrogen (secondary N) is 2. The Morgan fingerprint density at radius 2 is 2.14 bits per heavy atom. The molecule has 2 rings (SSSR count). The van der Waals surface area contributed by atoms with Crippen LogP contribution in [0.4, 0.5) is 5.69 Å². The zero-order chi connectivity index (χ0) is 16.1. The van der Waals surface area contributed by atoms with Crippen LogP contribution in [0, 0.1) is 0 Å². The standard InChI is InChI=1S/C14H17ClN4O2S/c1-3-8-19-13(21)17-18-14(19)22-9(2)12(20)16-11-6-4-10(15)5-7-11/h4-7,9H,3,8H2,1-2H3,(H,16,20)(H,17,21). The average Bonchev–Trinajstić information content (AvgIpc) is 2.83. The van der Waals surface area contributed by atoms with E-state index in [1.54, 1.807) is 31.2 Å². The summed E-state index contributed by atoms with van der Waals surface area (Å²) in [7, 11) is 0. The van der Waals surface area contributed by atoms with E-state index in [9.17, 15) is 9.59 Å². The molecule has 0 aliphatic carbocycles. The lowest BCUT2D eigenvalue weighted by Gasteiger charge is -2.12. The van der Waals surface area contributed by atoms with E-state index < -0.39 is 0 Å². The van der Waals surface area contributed by atoms with Crippen molar-refractivity contribution in [3.8, 4) is 0 Å². The lowest BCUT2D eigenvalue weighted by Crippen LogP contribution is -2.24. The van der Waals surface area contributed by atoms with E-state index in [-0.39, 0.29) is 16.8 Å². The number of halogens is 1. The predicted molar refractivity (Wildman–Crippen MR) is 88.5 cm³/mol. The van der Waals surface area contributed by atoms with Gasteiger partial charge in [-0.15, -0.1) is 5.10 Å². The molecule has 0 radical (unpaired) electrons. The molecule has 0 bridgehead atoms. The van der Waals surface area contributed by atoms with Crippen LogP contribution in [0.15, 0.2) is 34.2 Å². The fourth-order valence-electron chi connectivity index (χ4n) is 1.80. The second-order valence-corrected chi connectivity index (χ2v) is 6.46. The van der Waals surface area contributed by atoms with Gasteiger partial charge in [-0.2, -0.15) is 0 Å². The Labute approximate surface area is 137 Å². The van der Waals surface area contributed by atoms with Gasteiger partial charge in [-0.3, -0.25) is 9.36 Å². The highest BCUT2D eigenvalue weighted by atomic mass is 35.5. The molecule has 1 aromatic carbocycles. The fourth-order valence-corrected chi connectivity index (χ4v) is 2.81. The third-order valence-electron chi connectivity index (χ3n) is 2.93. The van der Waals surface area contributed by atoms with E-state index in [1.807, 2.05) is 6.92 Å². The second-order valence-electron chi connectivity index (χ2n) is 4.72. The van der Waals surface area contributed by atoms with E-state index in [4.69, 9.17) is 11.6 Å². The van der Waals surface area contributed by atoms with Crippen LogP contribution in [0.2, 0.25) is 5.02 Å². The molecule has 1 unspecified atom stereocenters. The Kier molecular flexibility index (Phi) is 5.68. The van der Waals surface area contributed by atoms with E-state index in [2.05, 4.69) is 15.5 Å². The maximum absolute atomic E-state index is 12.2. The molecule has 1 aromatic heterocycles. The first-order valence-electron chi connectivity index (χ1n) is 6.89. The number of rotatable bonds is 6.